The lowest BCUT2D eigenvalue weighted by atomic mass is 9.95. The lowest BCUT2D eigenvalue weighted by molar-refractivity contribution is -0.479. The zero-order valence-corrected chi connectivity index (χ0v) is 13.8. The molecule has 0 aromatic heterocycles. The Morgan fingerprint density at radius 2 is 1.96 bits per heavy atom. The smallest absolute Gasteiger partial charge is 0.312 e. The average molecular weight is 316 g/mol. The van der Waals surface area contributed by atoms with E-state index in [2.05, 4.69) is 18.8 Å². The third-order valence-corrected chi connectivity index (χ3v) is 4.34. The van der Waals surface area contributed by atoms with Crippen LogP contribution < -0.4 is 0 Å². The highest BCUT2D eigenvalue weighted by Crippen LogP contribution is 2.43. The third kappa shape index (κ3) is 3.59. The largest absolute Gasteiger partial charge is 0.372 e. The zero-order valence-electron chi connectivity index (χ0n) is 13.8. The number of rotatable bonds is 5. The van der Waals surface area contributed by atoms with Gasteiger partial charge in [-0.25, -0.2) is 0 Å². The van der Waals surface area contributed by atoms with Crippen LogP contribution in [-0.4, -0.2) is 33.0 Å². The molecule has 3 aliphatic heterocycles. The minimum absolute atomic E-state index is 0.221. The molecule has 3 aliphatic rings. The summed E-state index contributed by atoms with van der Waals surface area (Å²) >= 11 is 0. The second-order valence-electron chi connectivity index (χ2n) is 6.05. The first-order chi connectivity index (χ1) is 11.3. The first-order valence-electron chi connectivity index (χ1n) is 8.31. The number of methoxy groups -OCH3 is 1. The van der Waals surface area contributed by atoms with E-state index in [1.54, 1.807) is 7.11 Å². The fourth-order valence-corrected chi connectivity index (χ4v) is 3.00. The van der Waals surface area contributed by atoms with Gasteiger partial charge in [-0.1, -0.05) is 31.6 Å². The number of unbranched alkanes of at least 4 members (excludes halogenated alkanes) is 1. The van der Waals surface area contributed by atoms with Gasteiger partial charge in [-0.2, -0.15) is 0 Å². The van der Waals surface area contributed by atoms with Crippen molar-refractivity contribution in [2.75, 3.05) is 26.9 Å². The summed E-state index contributed by atoms with van der Waals surface area (Å²) in [4.78, 5) is 0. The van der Waals surface area contributed by atoms with Gasteiger partial charge in [-0.3, -0.25) is 0 Å². The van der Waals surface area contributed by atoms with Gasteiger partial charge in [0.25, 0.3) is 0 Å². The quantitative estimate of drug-likeness (QED) is 0.783. The Hall–Kier alpha value is -1.38. The molecule has 4 nitrogen and oxygen atoms in total. The number of fused-ring (bicyclic) bond motifs is 3. The van der Waals surface area contributed by atoms with Crippen LogP contribution >= 0.6 is 0 Å². The highest BCUT2D eigenvalue weighted by atomic mass is 16.9. The van der Waals surface area contributed by atoms with Gasteiger partial charge in [0.05, 0.1) is 19.3 Å². The van der Waals surface area contributed by atoms with Gasteiger partial charge in [-0.15, -0.1) is 0 Å². The molecule has 0 spiro atoms. The predicted molar refractivity (Wildman–Crippen MR) is 86.7 cm³/mol. The van der Waals surface area contributed by atoms with Crippen LogP contribution in [0.1, 0.15) is 37.3 Å². The van der Waals surface area contributed by atoms with E-state index in [0.29, 0.717) is 25.7 Å². The van der Waals surface area contributed by atoms with Crippen molar-refractivity contribution in [3.05, 3.63) is 35.4 Å². The molecule has 1 aromatic rings. The zero-order chi connectivity index (χ0) is 16.1. The maximum absolute atomic E-state index is 6.20. The van der Waals surface area contributed by atoms with E-state index >= 15 is 0 Å². The molecule has 0 radical (unpaired) electrons. The van der Waals surface area contributed by atoms with E-state index in [1.807, 2.05) is 24.3 Å². The number of ether oxygens (including phenoxy) is 4. The second kappa shape index (κ2) is 7.46. The van der Waals surface area contributed by atoms with E-state index in [0.717, 1.165) is 17.5 Å². The Balaban J connectivity index is 1.73. The van der Waals surface area contributed by atoms with Crippen LogP contribution in [0.3, 0.4) is 0 Å². The predicted octanol–water partition coefficient (Wildman–Crippen LogP) is 3.05. The molecule has 3 saturated heterocycles. The molecule has 124 valence electrons. The maximum Gasteiger partial charge on any atom is 0.312 e. The first kappa shape index (κ1) is 16.5. The van der Waals surface area contributed by atoms with Crippen molar-refractivity contribution in [1.29, 1.82) is 0 Å². The van der Waals surface area contributed by atoms with E-state index in [9.17, 15) is 0 Å². The molecule has 3 heterocycles. The maximum atomic E-state index is 6.20. The number of hydrogen-bond donors (Lipinski definition) is 0. The molecule has 4 rings (SSSR count). The molecule has 0 N–H and O–H groups in total. The van der Waals surface area contributed by atoms with Gasteiger partial charge in [0, 0.05) is 24.2 Å². The molecular weight excluding hydrogens is 292 g/mol. The fraction of sp³-hybridized carbons (Fsp3) is 0.579. The standard InChI is InChI=1S/C19H24O4/c1-3-4-7-18-16-13-21-19(23-18,22-14-16)17-10-8-15(9-11-17)6-5-12-20-2/h8-11,16,18H,3-4,7,12-14H2,1-2H3. The molecule has 1 unspecified atom stereocenters. The van der Waals surface area contributed by atoms with Crippen molar-refractivity contribution < 1.29 is 18.9 Å². The summed E-state index contributed by atoms with van der Waals surface area (Å²) in [5.41, 5.74) is 1.84. The Labute approximate surface area is 138 Å². The third-order valence-electron chi connectivity index (χ3n) is 4.34. The molecule has 1 atom stereocenters. The highest BCUT2D eigenvalue weighted by molar-refractivity contribution is 5.37. The minimum Gasteiger partial charge on any atom is -0.372 e. The Morgan fingerprint density at radius 1 is 1.22 bits per heavy atom. The summed E-state index contributed by atoms with van der Waals surface area (Å²) in [5.74, 6) is 5.31. The van der Waals surface area contributed by atoms with Crippen molar-refractivity contribution >= 4 is 0 Å². The highest BCUT2D eigenvalue weighted by Gasteiger charge is 2.50. The van der Waals surface area contributed by atoms with E-state index in [1.165, 1.54) is 12.8 Å². The van der Waals surface area contributed by atoms with E-state index < -0.39 is 5.97 Å². The van der Waals surface area contributed by atoms with Crippen LogP contribution in [0.2, 0.25) is 0 Å². The van der Waals surface area contributed by atoms with Gasteiger partial charge in [0.15, 0.2) is 0 Å². The van der Waals surface area contributed by atoms with Crippen LogP contribution in [0.25, 0.3) is 0 Å². The molecule has 1 aromatic carbocycles. The summed E-state index contributed by atoms with van der Waals surface area (Å²) in [7, 11) is 1.64. The number of hydrogen-bond acceptors (Lipinski definition) is 4. The van der Waals surface area contributed by atoms with Gasteiger partial charge in [0.2, 0.25) is 0 Å². The molecular formula is C19H24O4. The molecule has 4 heteroatoms. The van der Waals surface area contributed by atoms with Crippen molar-refractivity contribution in [1.82, 2.24) is 0 Å². The van der Waals surface area contributed by atoms with Crippen LogP contribution in [0.4, 0.5) is 0 Å². The summed E-state index contributed by atoms with van der Waals surface area (Å²) in [6.45, 7) is 4.03. The topological polar surface area (TPSA) is 36.9 Å². The summed E-state index contributed by atoms with van der Waals surface area (Å²) in [6, 6.07) is 7.87. The molecule has 3 fully saturated rings. The van der Waals surface area contributed by atoms with E-state index in [4.69, 9.17) is 18.9 Å². The first-order valence-corrected chi connectivity index (χ1v) is 8.31. The van der Waals surface area contributed by atoms with Gasteiger partial charge in [0.1, 0.15) is 6.61 Å². The second-order valence-corrected chi connectivity index (χ2v) is 6.05. The Morgan fingerprint density at radius 3 is 2.61 bits per heavy atom. The van der Waals surface area contributed by atoms with Gasteiger partial charge in [-0.05, 0) is 30.7 Å². The van der Waals surface area contributed by atoms with Crippen molar-refractivity contribution in [3.63, 3.8) is 0 Å². The van der Waals surface area contributed by atoms with Crippen molar-refractivity contribution in [3.8, 4) is 11.8 Å². The van der Waals surface area contributed by atoms with Gasteiger partial charge < -0.3 is 18.9 Å². The molecule has 0 amide bonds. The van der Waals surface area contributed by atoms with Crippen LogP contribution in [0.15, 0.2) is 24.3 Å². The van der Waals surface area contributed by atoms with Crippen LogP contribution in [-0.2, 0) is 24.9 Å². The molecule has 0 aliphatic carbocycles. The lowest BCUT2D eigenvalue weighted by Crippen LogP contribution is -2.56. The minimum atomic E-state index is -1.04. The molecule has 23 heavy (non-hydrogen) atoms. The molecule has 2 bridgehead atoms. The van der Waals surface area contributed by atoms with Crippen molar-refractivity contribution in [2.45, 2.75) is 38.3 Å². The fourth-order valence-electron chi connectivity index (χ4n) is 3.00. The monoisotopic (exact) mass is 316 g/mol. The summed E-state index contributed by atoms with van der Waals surface area (Å²) < 4.78 is 22.9. The van der Waals surface area contributed by atoms with Crippen LogP contribution in [0.5, 0.6) is 0 Å². The summed E-state index contributed by atoms with van der Waals surface area (Å²) in [6.07, 6.45) is 3.64. The Bertz CT molecular complexity index is 561. The summed E-state index contributed by atoms with van der Waals surface area (Å²) in [5, 5.41) is 0. The van der Waals surface area contributed by atoms with Crippen LogP contribution in [0, 0.1) is 17.8 Å². The molecule has 0 saturated carbocycles. The SMILES string of the molecule is CCCCC1OC2(c3ccc(C#CCOC)cc3)OCC1CO2. The lowest BCUT2D eigenvalue weighted by Gasteiger charge is -2.49. The van der Waals surface area contributed by atoms with E-state index in [-0.39, 0.29) is 6.10 Å². The normalized spacial score (nSPS) is 29.1. The average Bonchev–Trinajstić information content (AvgIpc) is 2.62. The number of benzene rings is 1. The Kier molecular flexibility index (Phi) is 5.34. The van der Waals surface area contributed by atoms with Gasteiger partial charge >= 0.3 is 5.97 Å². The van der Waals surface area contributed by atoms with Crippen molar-refractivity contribution in [2.24, 2.45) is 5.92 Å².